The number of Topliss-reactive ketones (excluding diaryl/α,β-unsaturated/α-hetero) is 2. The third-order valence-corrected chi connectivity index (χ3v) is 2.49. The van der Waals surface area contributed by atoms with Gasteiger partial charge in [0.2, 0.25) is 0 Å². The first-order valence-corrected chi connectivity index (χ1v) is 5.53. The molecule has 0 amide bonds. The minimum atomic E-state index is -1.09. The smallest absolute Gasteiger partial charge is 0.306 e. The fraction of sp³-hybridized carbons (Fsp3) is 0.636. The van der Waals surface area contributed by atoms with Crippen molar-refractivity contribution in [1.29, 1.82) is 5.41 Å². The molecule has 0 aromatic carbocycles. The van der Waals surface area contributed by atoms with E-state index in [4.69, 9.17) is 16.2 Å². The molecule has 4 N–H and O–H groups in total. The first-order chi connectivity index (χ1) is 8.23. The number of carboxylic acid groups (broad SMARTS) is 1. The van der Waals surface area contributed by atoms with Crippen LogP contribution in [0.1, 0.15) is 26.2 Å². The van der Waals surface area contributed by atoms with Crippen LogP contribution in [-0.4, -0.2) is 47.1 Å². The van der Waals surface area contributed by atoms with Gasteiger partial charge in [0, 0.05) is 19.9 Å². The van der Waals surface area contributed by atoms with Gasteiger partial charge < -0.3 is 20.5 Å². The molecule has 0 heterocycles. The molecule has 7 nitrogen and oxygen atoms in total. The van der Waals surface area contributed by atoms with Gasteiger partial charge in [-0.15, -0.1) is 0 Å². The molecular formula is C11H19N3O4. The van der Waals surface area contributed by atoms with Crippen LogP contribution in [0.5, 0.6) is 0 Å². The first-order valence-electron chi connectivity index (χ1n) is 5.53. The monoisotopic (exact) mass is 257 g/mol. The lowest BCUT2D eigenvalue weighted by Crippen LogP contribution is -2.37. The van der Waals surface area contributed by atoms with E-state index in [0.717, 1.165) is 0 Å². The average Bonchev–Trinajstić information content (AvgIpc) is 2.23. The second-order valence-electron chi connectivity index (χ2n) is 4.26. The molecule has 0 spiro atoms. The molecule has 1 atom stereocenters. The predicted octanol–water partition coefficient (Wildman–Crippen LogP) is -0.159. The fourth-order valence-electron chi connectivity index (χ4n) is 1.38. The number of guanidine groups is 1. The van der Waals surface area contributed by atoms with Crippen molar-refractivity contribution in [2.75, 3.05) is 13.6 Å². The highest BCUT2D eigenvalue weighted by molar-refractivity contribution is 5.88. The molecule has 18 heavy (non-hydrogen) atoms. The number of hydrogen-bond acceptors (Lipinski definition) is 4. The molecule has 0 aliphatic heterocycles. The number of aliphatic carboxylic acids is 1. The normalized spacial score (nSPS) is 11.7. The number of carbonyl (C=O) groups is 3. The minimum absolute atomic E-state index is 0.0980. The molecule has 0 aromatic rings. The molecule has 0 saturated carbocycles. The van der Waals surface area contributed by atoms with Crippen LogP contribution in [-0.2, 0) is 14.4 Å². The van der Waals surface area contributed by atoms with Gasteiger partial charge in [-0.1, -0.05) is 0 Å². The second kappa shape index (κ2) is 7.41. The summed E-state index contributed by atoms with van der Waals surface area (Å²) in [5.74, 6) is -2.62. The third-order valence-electron chi connectivity index (χ3n) is 2.49. The van der Waals surface area contributed by atoms with Gasteiger partial charge in [0.05, 0.1) is 12.5 Å². The molecule has 0 saturated heterocycles. The summed E-state index contributed by atoms with van der Waals surface area (Å²) in [6.45, 7) is 1.28. The van der Waals surface area contributed by atoms with Gasteiger partial charge in [-0.2, -0.15) is 0 Å². The molecule has 7 heteroatoms. The van der Waals surface area contributed by atoms with E-state index >= 15 is 0 Å². The van der Waals surface area contributed by atoms with Crippen molar-refractivity contribution in [1.82, 2.24) is 4.90 Å². The Kier molecular flexibility index (Phi) is 6.62. The van der Waals surface area contributed by atoms with Crippen molar-refractivity contribution in [3.63, 3.8) is 0 Å². The quantitative estimate of drug-likeness (QED) is 0.410. The molecule has 0 bridgehead atoms. The highest BCUT2D eigenvalue weighted by Gasteiger charge is 2.22. The van der Waals surface area contributed by atoms with E-state index in [0.29, 0.717) is 0 Å². The van der Waals surface area contributed by atoms with Crippen molar-refractivity contribution in [2.24, 2.45) is 11.7 Å². The highest BCUT2D eigenvalue weighted by atomic mass is 16.4. The molecule has 0 unspecified atom stereocenters. The molecule has 102 valence electrons. The largest absolute Gasteiger partial charge is 0.481 e. The van der Waals surface area contributed by atoms with E-state index in [2.05, 4.69) is 0 Å². The molecule has 0 rings (SSSR count). The highest BCUT2D eigenvalue weighted by Crippen LogP contribution is 2.13. The Morgan fingerprint density at radius 3 is 2.33 bits per heavy atom. The lowest BCUT2D eigenvalue weighted by molar-refractivity contribution is -0.144. The second-order valence-corrected chi connectivity index (χ2v) is 4.26. The number of carbonyl (C=O) groups excluding carboxylic acids is 2. The van der Waals surface area contributed by atoms with Gasteiger partial charge in [0.1, 0.15) is 5.78 Å². The SMILES string of the molecule is CC(=O)CC[C@H](CC(=O)CN(C)C(=N)N)C(=O)O. The Labute approximate surface area is 105 Å². The molecule has 0 aliphatic rings. The Hall–Kier alpha value is -1.92. The summed E-state index contributed by atoms with van der Waals surface area (Å²) in [5, 5.41) is 16.0. The van der Waals surface area contributed by atoms with Crippen LogP contribution in [0.15, 0.2) is 0 Å². The number of nitrogens with two attached hydrogens (primary N) is 1. The summed E-state index contributed by atoms with van der Waals surface area (Å²) in [7, 11) is 1.48. The van der Waals surface area contributed by atoms with Crippen LogP contribution in [0.4, 0.5) is 0 Å². The Bertz CT molecular complexity index is 354. The number of hydrogen-bond donors (Lipinski definition) is 3. The van der Waals surface area contributed by atoms with Crippen LogP contribution in [0, 0.1) is 11.3 Å². The number of carboxylic acids is 1. The molecule has 0 fully saturated rings. The number of rotatable bonds is 8. The van der Waals surface area contributed by atoms with Gasteiger partial charge in [0.25, 0.3) is 0 Å². The molecule has 0 aliphatic carbocycles. The lowest BCUT2D eigenvalue weighted by Gasteiger charge is -2.17. The zero-order valence-electron chi connectivity index (χ0n) is 10.6. The maximum Gasteiger partial charge on any atom is 0.306 e. The lowest BCUT2D eigenvalue weighted by atomic mass is 9.96. The van der Waals surface area contributed by atoms with Gasteiger partial charge in [0.15, 0.2) is 11.7 Å². The number of nitrogens with zero attached hydrogens (tertiary/aromatic N) is 1. The van der Waals surface area contributed by atoms with Crippen LogP contribution in [0.3, 0.4) is 0 Å². The summed E-state index contributed by atoms with van der Waals surface area (Å²) in [5.41, 5.74) is 5.17. The summed E-state index contributed by atoms with van der Waals surface area (Å²) in [4.78, 5) is 34.5. The number of nitrogens with one attached hydrogen (secondary N) is 1. The third kappa shape index (κ3) is 6.62. The average molecular weight is 257 g/mol. The molecule has 0 radical (unpaired) electrons. The van der Waals surface area contributed by atoms with E-state index in [1.807, 2.05) is 0 Å². The molecule has 0 aromatic heterocycles. The van der Waals surface area contributed by atoms with Crippen molar-refractivity contribution in [3.8, 4) is 0 Å². The van der Waals surface area contributed by atoms with Gasteiger partial charge >= 0.3 is 5.97 Å². The van der Waals surface area contributed by atoms with Crippen molar-refractivity contribution < 1.29 is 19.5 Å². The van der Waals surface area contributed by atoms with Crippen LogP contribution in [0.2, 0.25) is 0 Å². The maximum atomic E-state index is 11.6. The topological polar surface area (TPSA) is 125 Å². The summed E-state index contributed by atoms with van der Waals surface area (Å²) < 4.78 is 0. The Morgan fingerprint density at radius 1 is 1.39 bits per heavy atom. The first kappa shape index (κ1) is 16.1. The Balaban J connectivity index is 4.32. The van der Waals surface area contributed by atoms with Crippen molar-refractivity contribution in [2.45, 2.75) is 26.2 Å². The fourth-order valence-corrected chi connectivity index (χ4v) is 1.38. The number of likely N-dealkylation sites (N-methyl/N-ethyl adjacent to an activating group) is 1. The van der Waals surface area contributed by atoms with E-state index < -0.39 is 11.9 Å². The van der Waals surface area contributed by atoms with Crippen LogP contribution >= 0.6 is 0 Å². The van der Waals surface area contributed by atoms with Gasteiger partial charge in [-0.3, -0.25) is 15.0 Å². The van der Waals surface area contributed by atoms with Crippen molar-refractivity contribution in [3.05, 3.63) is 0 Å². The minimum Gasteiger partial charge on any atom is -0.481 e. The zero-order valence-corrected chi connectivity index (χ0v) is 10.6. The van der Waals surface area contributed by atoms with E-state index in [1.165, 1.54) is 18.9 Å². The standard InChI is InChI=1S/C11H19N3O4/c1-7(15)3-4-8(10(17)18)5-9(16)6-14(2)11(12)13/h8H,3-6H2,1-2H3,(H3,12,13)(H,17,18)/t8-/m1/s1. The Morgan fingerprint density at radius 2 is 1.94 bits per heavy atom. The maximum absolute atomic E-state index is 11.6. The van der Waals surface area contributed by atoms with Gasteiger partial charge in [-0.05, 0) is 13.3 Å². The molecular weight excluding hydrogens is 238 g/mol. The zero-order chi connectivity index (χ0) is 14.3. The van der Waals surface area contributed by atoms with E-state index in [9.17, 15) is 14.4 Å². The number of ketones is 2. The summed E-state index contributed by atoms with van der Waals surface area (Å²) in [6.07, 6.45) is 0.146. The summed E-state index contributed by atoms with van der Waals surface area (Å²) in [6, 6.07) is 0. The van der Waals surface area contributed by atoms with Gasteiger partial charge in [-0.25, -0.2) is 0 Å². The van der Waals surface area contributed by atoms with Crippen LogP contribution < -0.4 is 5.73 Å². The van der Waals surface area contributed by atoms with E-state index in [-0.39, 0.29) is 43.3 Å². The summed E-state index contributed by atoms with van der Waals surface area (Å²) >= 11 is 0. The predicted molar refractivity (Wildman–Crippen MR) is 65.2 cm³/mol. The van der Waals surface area contributed by atoms with E-state index in [1.54, 1.807) is 0 Å². The van der Waals surface area contributed by atoms with Crippen molar-refractivity contribution >= 4 is 23.5 Å². The van der Waals surface area contributed by atoms with Crippen LogP contribution in [0.25, 0.3) is 0 Å².